The Bertz CT molecular complexity index is 426. The second-order valence-corrected chi connectivity index (χ2v) is 3.75. The van der Waals surface area contributed by atoms with Gasteiger partial charge in [0.25, 0.3) is 6.33 Å². The van der Waals surface area contributed by atoms with Crippen LogP contribution in [0.5, 0.6) is 0 Å². The molecule has 0 fully saturated rings. The van der Waals surface area contributed by atoms with E-state index in [0.717, 1.165) is 10.2 Å². The van der Waals surface area contributed by atoms with Crippen molar-refractivity contribution in [3.8, 4) is 5.69 Å². The van der Waals surface area contributed by atoms with Crippen molar-refractivity contribution < 1.29 is 4.57 Å². The quantitative estimate of drug-likeness (QED) is 0.737. The Labute approximate surface area is 101 Å². The van der Waals surface area contributed by atoms with Crippen LogP contribution >= 0.6 is 32.9 Å². The second kappa shape index (κ2) is 4.70. The van der Waals surface area contributed by atoms with Gasteiger partial charge in [0.1, 0.15) is 5.69 Å². The molecule has 0 saturated carbocycles. The molecule has 1 aromatic carbocycles. The average molecular weight is 320 g/mol. The summed E-state index contributed by atoms with van der Waals surface area (Å²) in [6.07, 6.45) is 3.68. The first kappa shape index (κ1) is 11.4. The smallest absolute Gasteiger partial charge is 0.240 e. The number of halogens is 2. The van der Waals surface area contributed by atoms with Gasteiger partial charge in [0.2, 0.25) is 6.33 Å². The fraction of sp³-hybridized carbons (Fsp3) is 0.111. The Morgan fingerprint density at radius 2 is 2.21 bits per heavy atom. The van der Waals surface area contributed by atoms with Gasteiger partial charge in [-0.25, -0.2) is 4.57 Å². The summed E-state index contributed by atoms with van der Waals surface area (Å²) in [5.41, 5.74) is 1.05. The first-order valence-corrected chi connectivity index (χ1v) is 4.71. The van der Waals surface area contributed by atoms with Crippen molar-refractivity contribution in [2.75, 3.05) is 0 Å². The maximum absolute atomic E-state index is 4.19. The molecule has 1 heterocycles. The van der Waals surface area contributed by atoms with Gasteiger partial charge in [-0.05, 0) is 18.2 Å². The lowest BCUT2D eigenvalue weighted by Gasteiger charge is -1.92. The molecule has 3 nitrogen and oxygen atoms in total. The summed E-state index contributed by atoms with van der Waals surface area (Å²) in [5.74, 6) is 0. The predicted octanol–water partition coefficient (Wildman–Crippen LogP) is 2.04. The highest BCUT2D eigenvalue weighted by Gasteiger charge is 2.05. The van der Waals surface area contributed by atoms with Crippen molar-refractivity contribution in [3.05, 3.63) is 41.4 Å². The van der Waals surface area contributed by atoms with Gasteiger partial charge >= 0.3 is 0 Å². The van der Waals surface area contributed by atoms with Crippen LogP contribution in [0.1, 0.15) is 0 Å². The third-order valence-corrected chi connectivity index (χ3v) is 2.22. The summed E-state index contributed by atoms with van der Waals surface area (Å²) in [6, 6.07) is 8.01. The van der Waals surface area contributed by atoms with Crippen LogP contribution in [-0.4, -0.2) is 9.78 Å². The van der Waals surface area contributed by atoms with Gasteiger partial charge in [-0.3, -0.25) is 0 Å². The van der Waals surface area contributed by atoms with E-state index in [9.17, 15) is 0 Å². The van der Waals surface area contributed by atoms with Gasteiger partial charge < -0.3 is 0 Å². The van der Waals surface area contributed by atoms with Crippen LogP contribution in [0.15, 0.2) is 41.4 Å². The molecule has 2 aromatic rings. The van der Waals surface area contributed by atoms with E-state index >= 15 is 0 Å². The monoisotopic (exact) mass is 318 g/mol. The lowest BCUT2D eigenvalue weighted by molar-refractivity contribution is -0.672. The molecule has 0 amide bonds. The lowest BCUT2D eigenvalue weighted by Crippen LogP contribution is -2.23. The lowest BCUT2D eigenvalue weighted by atomic mass is 10.3. The molecule has 14 heavy (non-hydrogen) atoms. The summed E-state index contributed by atoms with van der Waals surface area (Å²) in [7, 11) is 1.95. The number of nitrogens with zero attached hydrogens (tertiary/aromatic N) is 3. The van der Waals surface area contributed by atoms with E-state index in [2.05, 4.69) is 21.0 Å². The minimum Gasteiger partial charge on any atom is -0.240 e. The maximum Gasteiger partial charge on any atom is 0.265 e. The molecule has 0 unspecified atom stereocenters. The molecule has 1 aromatic heterocycles. The molecule has 5 heteroatoms. The van der Waals surface area contributed by atoms with Crippen LogP contribution in [0.4, 0.5) is 0 Å². The topological polar surface area (TPSA) is 21.7 Å². The minimum atomic E-state index is 0. The maximum atomic E-state index is 4.19. The Hall–Kier alpha value is -0.680. The molecule has 0 spiro atoms. The van der Waals surface area contributed by atoms with Crippen LogP contribution in [-0.2, 0) is 7.05 Å². The Morgan fingerprint density at radius 3 is 2.79 bits per heavy atom. The molecule has 0 N–H and O–H groups in total. The standard InChI is InChI=1S/C9H9BrN3.BrH/c1-12-6-11-13(7-12)9-4-2-3-8(10)5-9;/h2-7H,1H3;1H/q+1;. The number of rotatable bonds is 1. The second-order valence-electron chi connectivity index (χ2n) is 2.84. The Kier molecular flexibility index (Phi) is 3.83. The van der Waals surface area contributed by atoms with Gasteiger partial charge in [-0.1, -0.05) is 26.7 Å². The van der Waals surface area contributed by atoms with Crippen molar-refractivity contribution in [3.63, 3.8) is 0 Å². The molecule has 0 atom stereocenters. The fourth-order valence-corrected chi connectivity index (χ4v) is 1.51. The number of hydrogen-bond donors (Lipinski definition) is 0. The first-order chi connectivity index (χ1) is 6.25. The highest BCUT2D eigenvalue weighted by molar-refractivity contribution is 9.10. The molecule has 0 aliphatic heterocycles. The van der Waals surface area contributed by atoms with Crippen molar-refractivity contribution in [2.45, 2.75) is 0 Å². The van der Waals surface area contributed by atoms with E-state index in [4.69, 9.17) is 0 Å². The van der Waals surface area contributed by atoms with Crippen molar-refractivity contribution >= 4 is 32.9 Å². The summed E-state index contributed by atoms with van der Waals surface area (Å²) >= 11 is 3.42. The molecule has 0 aliphatic rings. The van der Waals surface area contributed by atoms with Gasteiger partial charge in [0.05, 0.1) is 7.05 Å². The van der Waals surface area contributed by atoms with Gasteiger partial charge in [-0.15, -0.1) is 17.0 Å². The zero-order valence-corrected chi connectivity index (χ0v) is 10.9. The Balaban J connectivity index is 0.000000980. The highest BCUT2D eigenvalue weighted by Crippen LogP contribution is 2.13. The zero-order chi connectivity index (χ0) is 9.26. The van der Waals surface area contributed by atoms with Gasteiger partial charge in [-0.2, -0.15) is 0 Å². The van der Waals surface area contributed by atoms with Gasteiger partial charge in [0, 0.05) is 9.57 Å². The van der Waals surface area contributed by atoms with E-state index in [0.29, 0.717) is 0 Å². The molecule has 0 bridgehead atoms. The first-order valence-electron chi connectivity index (χ1n) is 3.91. The third kappa shape index (κ3) is 2.42. The van der Waals surface area contributed by atoms with Crippen LogP contribution in [0, 0.1) is 0 Å². The number of aryl methyl sites for hydroxylation is 1. The van der Waals surface area contributed by atoms with E-state index < -0.39 is 0 Å². The summed E-state index contributed by atoms with van der Waals surface area (Å²) in [5, 5.41) is 4.19. The largest absolute Gasteiger partial charge is 0.265 e. The third-order valence-electron chi connectivity index (χ3n) is 1.72. The van der Waals surface area contributed by atoms with Crippen LogP contribution < -0.4 is 4.57 Å². The molecular weight excluding hydrogens is 310 g/mol. The number of aromatic nitrogens is 3. The van der Waals surface area contributed by atoms with Crippen molar-refractivity contribution in [1.29, 1.82) is 0 Å². The summed E-state index contributed by atoms with van der Waals surface area (Å²) < 4.78 is 4.79. The molecule has 0 saturated heterocycles. The molecule has 2 rings (SSSR count). The van der Waals surface area contributed by atoms with Gasteiger partial charge in [0.15, 0.2) is 0 Å². The van der Waals surface area contributed by atoms with E-state index in [-0.39, 0.29) is 17.0 Å². The molecular formula is C9H10Br2N3+. The fourth-order valence-electron chi connectivity index (χ4n) is 1.12. The van der Waals surface area contributed by atoms with E-state index in [1.54, 1.807) is 6.33 Å². The van der Waals surface area contributed by atoms with Crippen molar-refractivity contribution in [1.82, 2.24) is 9.78 Å². The van der Waals surface area contributed by atoms with Crippen LogP contribution in [0.3, 0.4) is 0 Å². The number of benzene rings is 1. The number of hydrogen-bond acceptors (Lipinski definition) is 1. The highest BCUT2D eigenvalue weighted by atomic mass is 79.9. The molecule has 0 aliphatic carbocycles. The van der Waals surface area contributed by atoms with E-state index in [1.165, 1.54) is 0 Å². The SMILES string of the molecule is Br.C[n+]1cnn(-c2cccc(Br)c2)c1. The average Bonchev–Trinajstić information content (AvgIpc) is 2.52. The predicted molar refractivity (Wildman–Crippen MR) is 62.8 cm³/mol. The molecule has 0 radical (unpaired) electrons. The minimum absolute atomic E-state index is 0. The van der Waals surface area contributed by atoms with Crippen molar-refractivity contribution in [2.24, 2.45) is 7.05 Å². The normalized spacial score (nSPS) is 9.57. The molecule has 74 valence electrons. The van der Waals surface area contributed by atoms with E-state index in [1.807, 2.05) is 46.9 Å². The zero-order valence-electron chi connectivity index (χ0n) is 7.59. The Morgan fingerprint density at radius 1 is 1.43 bits per heavy atom. The summed E-state index contributed by atoms with van der Waals surface area (Å²) in [6.45, 7) is 0. The van der Waals surface area contributed by atoms with Crippen LogP contribution in [0.2, 0.25) is 0 Å². The van der Waals surface area contributed by atoms with Crippen LogP contribution in [0.25, 0.3) is 5.69 Å². The summed E-state index contributed by atoms with van der Waals surface area (Å²) in [4.78, 5) is 0.